The highest BCUT2D eigenvalue weighted by Crippen LogP contribution is 2.57. The predicted molar refractivity (Wildman–Crippen MR) is 134 cm³/mol. The van der Waals surface area contributed by atoms with E-state index in [-0.39, 0.29) is 41.9 Å². The zero-order valence-electron chi connectivity index (χ0n) is 21.2. The van der Waals surface area contributed by atoms with E-state index in [1.54, 1.807) is 6.92 Å². The largest absolute Gasteiger partial charge is 0.388 e. The Hall–Kier alpha value is -2.28. The second-order valence-corrected chi connectivity index (χ2v) is 11.2. The van der Waals surface area contributed by atoms with Crippen molar-refractivity contribution in [2.45, 2.75) is 70.3 Å². The lowest BCUT2D eigenvalue weighted by Gasteiger charge is -2.49. The second kappa shape index (κ2) is 9.64. The maximum absolute atomic E-state index is 14.3. The van der Waals surface area contributed by atoms with Crippen LogP contribution in [0, 0.1) is 29.1 Å². The predicted octanol–water partition coefficient (Wildman–Crippen LogP) is 3.22. The molecule has 0 bridgehead atoms. The van der Waals surface area contributed by atoms with E-state index in [4.69, 9.17) is 4.74 Å². The first-order chi connectivity index (χ1) is 16.5. The van der Waals surface area contributed by atoms with Crippen molar-refractivity contribution in [2.75, 3.05) is 7.11 Å². The maximum Gasteiger partial charge on any atom is 0.235 e. The van der Waals surface area contributed by atoms with E-state index in [0.29, 0.717) is 24.8 Å². The van der Waals surface area contributed by atoms with Crippen LogP contribution >= 0.6 is 0 Å². The smallest absolute Gasteiger partial charge is 0.235 e. The molecular formula is C29H39NO5. The van der Waals surface area contributed by atoms with Crippen LogP contribution in [0.15, 0.2) is 54.6 Å². The number of benzene rings is 1. The number of ketones is 1. The number of Topliss-reactive ketones (excluding diaryl/α,β-unsaturated/α-hetero) is 1. The average Bonchev–Trinajstić information content (AvgIpc) is 3.09. The number of ether oxygens (including phenoxy) is 1. The quantitative estimate of drug-likeness (QED) is 0.455. The Morgan fingerprint density at radius 2 is 1.89 bits per heavy atom. The third-order valence-corrected chi connectivity index (χ3v) is 8.77. The summed E-state index contributed by atoms with van der Waals surface area (Å²) in [6.45, 7) is 9.90. The first-order valence-electron chi connectivity index (χ1n) is 12.7. The lowest BCUT2D eigenvalue weighted by molar-refractivity contribution is -0.157. The molecule has 1 spiro atoms. The number of hydrogen-bond donors (Lipinski definition) is 3. The van der Waals surface area contributed by atoms with Crippen LogP contribution in [0.2, 0.25) is 0 Å². The molecular weight excluding hydrogens is 442 g/mol. The van der Waals surface area contributed by atoms with Crippen LogP contribution in [0.5, 0.6) is 0 Å². The molecule has 1 aromatic rings. The van der Waals surface area contributed by atoms with Crippen LogP contribution in [-0.2, 0) is 20.7 Å². The van der Waals surface area contributed by atoms with Crippen molar-refractivity contribution in [1.29, 1.82) is 0 Å². The summed E-state index contributed by atoms with van der Waals surface area (Å²) in [6.07, 6.45) is 3.63. The first-order valence-corrected chi connectivity index (χ1v) is 12.7. The molecule has 0 unspecified atom stereocenters. The lowest BCUT2D eigenvalue weighted by atomic mass is 9.51. The first kappa shape index (κ1) is 25.8. The van der Waals surface area contributed by atoms with Crippen LogP contribution in [0.25, 0.3) is 0 Å². The normalized spacial score (nSPS) is 42.1. The summed E-state index contributed by atoms with van der Waals surface area (Å²) in [7, 11) is 1.49. The third kappa shape index (κ3) is 4.30. The standard InChI is InChI=1S/C29H39NO5/c1-17-10-9-13-21-26(32)19(3)18(2)25-22(14-20-11-7-6-8-12-20)30-27(33)29(21,25)23(31)15-24(35-5)28(4,34)16-17/h6-9,11-13,17-18,21-22,24-26,32,34H,3,10,14-16H2,1-2,4-5H3,(H,30,33)/t17-,18-,21-,22-,24+,25-,26+,28-,29+/m0/s1. The van der Waals surface area contributed by atoms with Crippen LogP contribution in [0.3, 0.4) is 0 Å². The van der Waals surface area contributed by atoms with Gasteiger partial charge in [0.2, 0.25) is 5.91 Å². The molecule has 190 valence electrons. The van der Waals surface area contributed by atoms with Crippen molar-refractivity contribution in [3.63, 3.8) is 0 Å². The molecule has 0 aromatic heterocycles. The molecule has 3 aliphatic rings. The molecule has 35 heavy (non-hydrogen) atoms. The van der Waals surface area contributed by atoms with Crippen LogP contribution in [0.1, 0.15) is 45.6 Å². The van der Waals surface area contributed by atoms with Gasteiger partial charge in [0, 0.05) is 31.4 Å². The van der Waals surface area contributed by atoms with E-state index >= 15 is 0 Å². The van der Waals surface area contributed by atoms with Crippen molar-refractivity contribution >= 4 is 11.7 Å². The van der Waals surface area contributed by atoms with Gasteiger partial charge < -0.3 is 20.3 Å². The van der Waals surface area contributed by atoms with Crippen molar-refractivity contribution in [3.05, 3.63) is 60.2 Å². The summed E-state index contributed by atoms with van der Waals surface area (Å²) in [4.78, 5) is 28.2. The number of nitrogens with one attached hydrogen (secondary N) is 1. The third-order valence-electron chi connectivity index (χ3n) is 8.77. The van der Waals surface area contributed by atoms with E-state index in [1.165, 1.54) is 7.11 Å². The Morgan fingerprint density at radius 1 is 1.20 bits per heavy atom. The number of carbonyl (C=O) groups excluding carboxylic acids is 2. The fourth-order valence-corrected chi connectivity index (χ4v) is 7.02. The lowest BCUT2D eigenvalue weighted by Crippen LogP contribution is -2.59. The van der Waals surface area contributed by atoms with E-state index in [9.17, 15) is 19.8 Å². The summed E-state index contributed by atoms with van der Waals surface area (Å²) in [6, 6.07) is 9.63. The molecule has 6 nitrogen and oxygen atoms in total. The minimum atomic E-state index is -1.46. The molecule has 6 heteroatoms. The maximum atomic E-state index is 14.3. The molecule has 9 atom stereocenters. The fourth-order valence-electron chi connectivity index (χ4n) is 7.02. The van der Waals surface area contributed by atoms with Crippen molar-refractivity contribution < 1.29 is 24.5 Å². The second-order valence-electron chi connectivity index (χ2n) is 11.2. The molecule has 4 rings (SSSR count). The van der Waals surface area contributed by atoms with Gasteiger partial charge in [0.25, 0.3) is 0 Å². The molecule has 1 amide bonds. The Kier molecular flexibility index (Phi) is 7.11. The van der Waals surface area contributed by atoms with Gasteiger partial charge >= 0.3 is 0 Å². The van der Waals surface area contributed by atoms with Gasteiger partial charge in [-0.05, 0) is 49.2 Å². The van der Waals surface area contributed by atoms with Crippen LogP contribution in [0.4, 0.5) is 0 Å². The van der Waals surface area contributed by atoms with E-state index in [1.807, 2.05) is 56.3 Å². The summed E-state index contributed by atoms with van der Waals surface area (Å²) >= 11 is 0. The Bertz CT molecular complexity index is 1000. The van der Waals surface area contributed by atoms with E-state index < -0.39 is 29.1 Å². The number of carbonyl (C=O) groups is 2. The van der Waals surface area contributed by atoms with Gasteiger partial charge in [-0.25, -0.2) is 0 Å². The highest BCUT2D eigenvalue weighted by atomic mass is 16.5. The average molecular weight is 482 g/mol. The van der Waals surface area contributed by atoms with Gasteiger partial charge in [-0.2, -0.15) is 0 Å². The number of methoxy groups -OCH3 is 1. The molecule has 2 aliphatic carbocycles. The molecule has 0 radical (unpaired) electrons. The Balaban J connectivity index is 1.85. The highest BCUT2D eigenvalue weighted by Gasteiger charge is 2.68. The Morgan fingerprint density at radius 3 is 2.54 bits per heavy atom. The summed E-state index contributed by atoms with van der Waals surface area (Å²) in [5.41, 5.74) is -0.969. The van der Waals surface area contributed by atoms with Gasteiger partial charge in [-0.1, -0.05) is 62.9 Å². The topological polar surface area (TPSA) is 95.9 Å². The number of aliphatic hydroxyl groups is 2. The molecule has 1 aromatic carbocycles. The Labute approximate surface area is 208 Å². The minimum absolute atomic E-state index is 0.103. The van der Waals surface area contributed by atoms with Crippen molar-refractivity contribution in [1.82, 2.24) is 5.32 Å². The zero-order valence-corrected chi connectivity index (χ0v) is 21.2. The number of aliphatic hydroxyl groups excluding tert-OH is 1. The zero-order chi connectivity index (χ0) is 25.5. The molecule has 1 saturated carbocycles. The monoisotopic (exact) mass is 481 g/mol. The number of hydrogen-bond acceptors (Lipinski definition) is 5. The molecule has 1 saturated heterocycles. The van der Waals surface area contributed by atoms with Gasteiger partial charge in [-0.3, -0.25) is 9.59 Å². The molecule has 3 N–H and O–H groups in total. The summed E-state index contributed by atoms with van der Waals surface area (Å²) < 4.78 is 5.65. The van der Waals surface area contributed by atoms with Gasteiger partial charge in [0.15, 0.2) is 5.78 Å². The molecule has 2 fully saturated rings. The van der Waals surface area contributed by atoms with Crippen molar-refractivity contribution in [2.24, 2.45) is 29.1 Å². The highest BCUT2D eigenvalue weighted by molar-refractivity contribution is 6.09. The van der Waals surface area contributed by atoms with Gasteiger partial charge in [0.05, 0.1) is 17.8 Å². The fraction of sp³-hybridized carbons (Fsp3) is 0.586. The molecule has 1 heterocycles. The van der Waals surface area contributed by atoms with E-state index in [2.05, 4.69) is 11.9 Å². The van der Waals surface area contributed by atoms with Crippen LogP contribution in [-0.4, -0.2) is 52.9 Å². The SMILES string of the molecule is C=C1[C@@H](O)[C@@H]2C=CC[C@H](C)C[C@](C)(O)[C@H](OC)CC(=O)[C@]23C(=O)N[C@@H](Cc2ccccc2)[C@@H]3[C@H]1C. The molecule has 1 aliphatic heterocycles. The number of rotatable bonds is 3. The van der Waals surface area contributed by atoms with Gasteiger partial charge in [-0.15, -0.1) is 0 Å². The van der Waals surface area contributed by atoms with Gasteiger partial charge in [0.1, 0.15) is 5.41 Å². The summed E-state index contributed by atoms with van der Waals surface area (Å²) in [5, 5.41) is 25.8. The summed E-state index contributed by atoms with van der Waals surface area (Å²) in [5.74, 6) is -1.86. The van der Waals surface area contributed by atoms with Crippen molar-refractivity contribution in [3.8, 4) is 0 Å². The number of allylic oxidation sites excluding steroid dienone is 1. The van der Waals surface area contributed by atoms with Crippen LogP contribution < -0.4 is 5.32 Å². The number of amides is 1. The minimum Gasteiger partial charge on any atom is -0.388 e. The van der Waals surface area contributed by atoms with E-state index in [0.717, 1.165) is 5.56 Å².